The zero-order chi connectivity index (χ0) is 19.2. The van der Waals surface area contributed by atoms with E-state index in [4.69, 9.17) is 4.74 Å². The normalized spacial score (nSPS) is 10.3. The number of amides is 1. The van der Waals surface area contributed by atoms with Gasteiger partial charge in [0.2, 0.25) is 0 Å². The minimum absolute atomic E-state index is 0.0337. The molecule has 27 heavy (non-hydrogen) atoms. The van der Waals surface area contributed by atoms with Crippen molar-refractivity contribution in [3.05, 3.63) is 99.9 Å². The summed E-state index contributed by atoms with van der Waals surface area (Å²) in [7, 11) is 0. The van der Waals surface area contributed by atoms with Crippen LogP contribution < -0.4 is 10.1 Å². The molecule has 0 aliphatic rings. The summed E-state index contributed by atoms with van der Waals surface area (Å²) in [4.78, 5) is 22.8. The summed E-state index contributed by atoms with van der Waals surface area (Å²) in [6.07, 6.45) is 0. The van der Waals surface area contributed by atoms with E-state index in [0.717, 1.165) is 0 Å². The Morgan fingerprint density at radius 1 is 1.04 bits per heavy atom. The summed E-state index contributed by atoms with van der Waals surface area (Å²) in [5.41, 5.74) is 0.793. The van der Waals surface area contributed by atoms with Crippen molar-refractivity contribution < 1.29 is 18.8 Å². The highest BCUT2D eigenvalue weighted by Crippen LogP contribution is 2.22. The average molecular weight is 366 g/mol. The first kappa shape index (κ1) is 18.1. The second kappa shape index (κ2) is 8.09. The van der Waals surface area contributed by atoms with E-state index in [1.807, 2.05) is 0 Å². The molecule has 0 spiro atoms. The molecule has 0 fully saturated rings. The van der Waals surface area contributed by atoms with E-state index in [9.17, 15) is 19.3 Å². The highest BCUT2D eigenvalue weighted by atomic mass is 19.1. The number of halogens is 1. The van der Waals surface area contributed by atoms with Gasteiger partial charge in [0, 0.05) is 17.8 Å². The summed E-state index contributed by atoms with van der Waals surface area (Å²) in [5, 5.41) is 13.7. The van der Waals surface area contributed by atoms with E-state index in [2.05, 4.69) is 5.32 Å². The molecule has 0 atom stereocenters. The topological polar surface area (TPSA) is 81.5 Å². The fraction of sp³-hybridized carbons (Fsp3) is 0.0500. The predicted octanol–water partition coefficient (Wildman–Crippen LogP) is 4.57. The summed E-state index contributed by atoms with van der Waals surface area (Å²) in [5.74, 6) is -0.467. The number of nitrogens with zero attached hydrogens (tertiary/aromatic N) is 1. The van der Waals surface area contributed by atoms with Crippen LogP contribution in [0.25, 0.3) is 0 Å². The molecule has 1 N–H and O–H groups in total. The minimum atomic E-state index is -0.604. The number of benzene rings is 3. The molecule has 3 rings (SSSR count). The number of rotatable bonds is 6. The van der Waals surface area contributed by atoms with E-state index in [0.29, 0.717) is 17.0 Å². The van der Waals surface area contributed by atoms with Gasteiger partial charge in [0.05, 0.1) is 4.92 Å². The lowest BCUT2D eigenvalue weighted by Crippen LogP contribution is -2.13. The van der Waals surface area contributed by atoms with Crippen LogP contribution >= 0.6 is 0 Å². The Hall–Kier alpha value is -3.74. The Balaban J connectivity index is 1.70. The largest absolute Gasteiger partial charge is 0.489 e. The molecular weight excluding hydrogens is 351 g/mol. The zero-order valence-electron chi connectivity index (χ0n) is 14.1. The first-order valence-corrected chi connectivity index (χ1v) is 8.05. The van der Waals surface area contributed by atoms with Crippen LogP contribution in [0.5, 0.6) is 5.75 Å². The second-order valence-electron chi connectivity index (χ2n) is 5.67. The maximum absolute atomic E-state index is 13.2. The first-order chi connectivity index (χ1) is 13.0. The number of carbonyl (C=O) groups excluding carboxylic acids is 1. The van der Waals surface area contributed by atoms with Gasteiger partial charge < -0.3 is 10.1 Å². The van der Waals surface area contributed by atoms with Crippen LogP contribution in [0.15, 0.2) is 72.8 Å². The number of hydrogen-bond donors (Lipinski definition) is 1. The molecule has 1 amide bonds. The number of nitro groups is 1. The number of nitro benzene ring substituents is 1. The van der Waals surface area contributed by atoms with Crippen molar-refractivity contribution in [2.75, 3.05) is 5.32 Å². The molecule has 0 unspecified atom stereocenters. The van der Waals surface area contributed by atoms with E-state index in [1.165, 1.54) is 30.3 Å². The monoisotopic (exact) mass is 366 g/mol. The number of ether oxygens (including phenoxy) is 1. The molecule has 7 heteroatoms. The van der Waals surface area contributed by atoms with Crippen LogP contribution in [0.3, 0.4) is 0 Å². The van der Waals surface area contributed by atoms with Gasteiger partial charge in [-0.15, -0.1) is 0 Å². The lowest BCUT2D eigenvalue weighted by molar-refractivity contribution is -0.385. The Labute approximate surface area is 154 Å². The summed E-state index contributed by atoms with van der Waals surface area (Å²) < 4.78 is 18.8. The summed E-state index contributed by atoms with van der Waals surface area (Å²) in [6, 6.07) is 18.4. The van der Waals surface area contributed by atoms with Gasteiger partial charge >= 0.3 is 0 Å². The Morgan fingerprint density at radius 2 is 1.81 bits per heavy atom. The van der Waals surface area contributed by atoms with Crippen LogP contribution in [-0.2, 0) is 6.61 Å². The molecule has 0 bridgehead atoms. The van der Waals surface area contributed by atoms with E-state index >= 15 is 0 Å². The van der Waals surface area contributed by atoms with Crippen LogP contribution in [-0.4, -0.2) is 10.8 Å². The quantitative estimate of drug-likeness (QED) is 0.512. The van der Waals surface area contributed by atoms with Crippen LogP contribution in [0.2, 0.25) is 0 Å². The number of para-hydroxylation sites is 1. The van der Waals surface area contributed by atoms with Crippen LogP contribution in [0.4, 0.5) is 15.8 Å². The fourth-order valence-electron chi connectivity index (χ4n) is 2.48. The Morgan fingerprint density at radius 3 is 2.59 bits per heavy atom. The van der Waals surface area contributed by atoms with Crippen molar-refractivity contribution in [1.82, 2.24) is 0 Å². The second-order valence-corrected chi connectivity index (χ2v) is 5.67. The number of carbonyl (C=O) groups is 1. The third-order valence-electron chi connectivity index (χ3n) is 3.73. The van der Waals surface area contributed by atoms with Gasteiger partial charge in [-0.1, -0.05) is 30.3 Å². The molecule has 0 aliphatic carbocycles. The fourth-order valence-corrected chi connectivity index (χ4v) is 2.48. The Kier molecular flexibility index (Phi) is 5.41. The van der Waals surface area contributed by atoms with Gasteiger partial charge in [-0.2, -0.15) is 0 Å². The van der Waals surface area contributed by atoms with Crippen molar-refractivity contribution in [2.24, 2.45) is 0 Å². The van der Waals surface area contributed by atoms with E-state index < -0.39 is 10.8 Å². The summed E-state index contributed by atoms with van der Waals surface area (Å²) >= 11 is 0. The standard InChI is InChI=1S/C20H15FN2O4/c21-15-6-3-5-14(11-15)13-27-17-8-4-7-16(12-17)22-20(24)18-9-1-2-10-19(18)23(25)26/h1-12H,13H2,(H,22,24). The smallest absolute Gasteiger partial charge is 0.282 e. The predicted molar refractivity (Wildman–Crippen MR) is 98.2 cm³/mol. The molecule has 0 saturated heterocycles. The molecule has 0 aliphatic heterocycles. The van der Waals surface area contributed by atoms with Gasteiger partial charge in [0.25, 0.3) is 11.6 Å². The lowest BCUT2D eigenvalue weighted by Gasteiger charge is -2.10. The van der Waals surface area contributed by atoms with Gasteiger partial charge in [0.15, 0.2) is 0 Å². The third-order valence-corrected chi connectivity index (χ3v) is 3.73. The maximum Gasteiger partial charge on any atom is 0.282 e. The van der Waals surface area contributed by atoms with Crippen molar-refractivity contribution in [2.45, 2.75) is 6.61 Å². The van der Waals surface area contributed by atoms with Crippen molar-refractivity contribution in [3.63, 3.8) is 0 Å². The minimum Gasteiger partial charge on any atom is -0.489 e. The van der Waals surface area contributed by atoms with Gasteiger partial charge in [0.1, 0.15) is 23.7 Å². The summed E-state index contributed by atoms with van der Waals surface area (Å²) in [6.45, 7) is 0.166. The van der Waals surface area contributed by atoms with E-state index in [1.54, 1.807) is 42.5 Å². The molecule has 6 nitrogen and oxygen atoms in total. The van der Waals surface area contributed by atoms with Crippen molar-refractivity contribution in [1.29, 1.82) is 0 Å². The third kappa shape index (κ3) is 4.66. The molecule has 3 aromatic rings. The number of anilines is 1. The van der Waals surface area contributed by atoms with E-state index in [-0.39, 0.29) is 23.7 Å². The molecule has 136 valence electrons. The van der Waals surface area contributed by atoms with Crippen molar-refractivity contribution in [3.8, 4) is 5.75 Å². The van der Waals surface area contributed by atoms with Gasteiger partial charge in [-0.25, -0.2) is 4.39 Å². The maximum atomic E-state index is 13.2. The average Bonchev–Trinajstić information content (AvgIpc) is 2.67. The van der Waals surface area contributed by atoms with Gasteiger partial charge in [-0.3, -0.25) is 14.9 Å². The lowest BCUT2D eigenvalue weighted by atomic mass is 10.1. The molecular formula is C20H15FN2O4. The highest BCUT2D eigenvalue weighted by Gasteiger charge is 2.19. The van der Waals surface area contributed by atoms with Crippen LogP contribution in [0, 0.1) is 15.9 Å². The van der Waals surface area contributed by atoms with Crippen molar-refractivity contribution >= 4 is 17.3 Å². The Bertz CT molecular complexity index is 991. The molecule has 3 aromatic carbocycles. The van der Waals surface area contributed by atoms with Crippen LogP contribution in [0.1, 0.15) is 15.9 Å². The van der Waals surface area contributed by atoms with Gasteiger partial charge in [-0.05, 0) is 35.9 Å². The first-order valence-electron chi connectivity index (χ1n) is 8.05. The molecule has 0 aromatic heterocycles. The molecule has 0 saturated carbocycles. The number of hydrogen-bond acceptors (Lipinski definition) is 4. The zero-order valence-corrected chi connectivity index (χ0v) is 14.1. The SMILES string of the molecule is O=C(Nc1cccc(OCc2cccc(F)c2)c1)c1ccccc1[N+](=O)[O-]. The molecule has 0 radical (unpaired) electrons. The number of nitrogens with one attached hydrogen (secondary N) is 1. The highest BCUT2D eigenvalue weighted by molar-refractivity contribution is 6.07. The molecule has 0 heterocycles.